The molecule has 51 heavy (non-hydrogen) atoms. The number of aliphatic hydroxyl groups is 1. The van der Waals surface area contributed by atoms with Gasteiger partial charge in [0.1, 0.15) is 23.7 Å². The van der Waals surface area contributed by atoms with Crippen molar-refractivity contribution in [1.29, 1.82) is 0 Å². The van der Waals surface area contributed by atoms with E-state index in [-0.39, 0.29) is 43.8 Å². The molecule has 2 aromatic rings. The normalized spacial score (nSPS) is 12.5. The van der Waals surface area contributed by atoms with E-state index >= 15 is 0 Å². The number of amides is 5. The number of aliphatic hydroxyl groups excluding tert-OH is 1. The number of carbonyl (C=O) groups excluding carboxylic acids is 6. The average Bonchev–Trinajstić information content (AvgIpc) is 3.08. The fourth-order valence-electron chi connectivity index (χ4n) is 4.75. The maximum absolute atomic E-state index is 13.3. The number of hydrogen-bond donors (Lipinski definition) is 9. The highest BCUT2D eigenvalue weighted by Gasteiger charge is 2.27. The molecule has 0 fully saturated rings. The fraction of sp³-hybridized carbons (Fsp3) is 0.500. The maximum atomic E-state index is 13.3. The first-order valence-electron chi connectivity index (χ1n) is 16.2. The Morgan fingerprint density at radius 1 is 0.882 bits per heavy atom. The van der Waals surface area contributed by atoms with Gasteiger partial charge in [-0.05, 0) is 63.3 Å². The lowest BCUT2D eigenvalue weighted by Crippen LogP contribution is -2.56. The topological polar surface area (TPSA) is 313 Å². The molecule has 0 saturated carbocycles. The number of nitrogens with zero attached hydrogens (tertiary/aromatic N) is 1. The number of rotatable bonds is 21. The van der Waals surface area contributed by atoms with Crippen molar-refractivity contribution in [3.63, 3.8) is 0 Å². The minimum atomic E-state index is -1.43. The van der Waals surface area contributed by atoms with Gasteiger partial charge in [0.05, 0.1) is 26.7 Å². The first kappa shape index (κ1) is 41.6. The lowest BCUT2D eigenvalue weighted by Gasteiger charge is -2.23. The number of benzene rings is 1. The third kappa shape index (κ3) is 14.8. The minimum Gasteiger partial charge on any atom is -0.469 e. The van der Waals surface area contributed by atoms with E-state index in [9.17, 15) is 38.7 Å². The molecule has 12 N–H and O–H groups in total. The van der Waals surface area contributed by atoms with Crippen LogP contribution in [-0.2, 0) is 33.5 Å². The van der Waals surface area contributed by atoms with Crippen LogP contribution in [0.2, 0.25) is 0 Å². The molecule has 0 unspecified atom stereocenters. The number of hydrogen-bond acceptors (Lipinski definition) is 12. The van der Waals surface area contributed by atoms with Crippen LogP contribution >= 0.6 is 0 Å². The highest BCUT2D eigenvalue weighted by molar-refractivity contribution is 5.99. The molecule has 1 heterocycles. The molecule has 0 aliphatic rings. The summed E-state index contributed by atoms with van der Waals surface area (Å²) < 4.78 is 9.72. The van der Waals surface area contributed by atoms with E-state index < -0.39 is 72.4 Å². The van der Waals surface area contributed by atoms with E-state index in [1.165, 1.54) is 12.1 Å². The summed E-state index contributed by atoms with van der Waals surface area (Å²) in [6, 6.07) is 2.42. The third-order valence-corrected chi connectivity index (χ3v) is 7.44. The molecule has 5 amide bonds. The monoisotopic (exact) mass is 717 g/mol. The van der Waals surface area contributed by atoms with Crippen LogP contribution in [0.1, 0.15) is 50.5 Å². The Kier molecular flexibility index (Phi) is 17.5. The van der Waals surface area contributed by atoms with Gasteiger partial charge in [0.2, 0.25) is 29.5 Å². The minimum absolute atomic E-state index is 0.107. The number of aryl methyl sites for hydroxylation is 1. The first-order chi connectivity index (χ1) is 24.3. The Balaban J connectivity index is 2.09. The van der Waals surface area contributed by atoms with Gasteiger partial charge in [-0.1, -0.05) is 0 Å². The molecule has 0 radical (unpaired) electrons. The summed E-state index contributed by atoms with van der Waals surface area (Å²) in [5.74, 6) is -4.43. The Hall–Kier alpha value is -5.56. The quantitative estimate of drug-likeness (QED) is 0.0217. The van der Waals surface area contributed by atoms with Crippen LogP contribution in [-0.4, -0.2) is 98.0 Å². The van der Waals surface area contributed by atoms with Crippen LogP contribution < -0.4 is 49.4 Å². The number of aliphatic imine (C=N–C) groups is 1. The molecule has 19 nitrogen and oxygen atoms in total. The number of ether oxygens (including phenoxy) is 1. The predicted octanol–water partition coefficient (Wildman–Crippen LogP) is -2.26. The summed E-state index contributed by atoms with van der Waals surface area (Å²) >= 11 is 0. The number of methoxy groups -OCH3 is 1. The Morgan fingerprint density at radius 2 is 1.57 bits per heavy atom. The van der Waals surface area contributed by atoms with Gasteiger partial charge >= 0.3 is 11.6 Å². The molecule has 2 rings (SSSR count). The number of unbranched alkanes of at least 4 members (excludes halogenated alkanes) is 1. The van der Waals surface area contributed by atoms with Gasteiger partial charge in [-0.25, -0.2) is 4.79 Å². The summed E-state index contributed by atoms with van der Waals surface area (Å²) in [7, 11) is 1.16. The van der Waals surface area contributed by atoms with Crippen molar-refractivity contribution < 1.29 is 43.0 Å². The Bertz CT molecular complexity index is 1620. The number of nitrogens with two attached hydrogens (primary N) is 3. The molecule has 280 valence electrons. The molecule has 0 spiro atoms. The lowest BCUT2D eigenvalue weighted by molar-refractivity contribution is -0.142. The number of guanidine groups is 1. The average molecular weight is 718 g/mol. The van der Waals surface area contributed by atoms with Crippen LogP contribution in [0.5, 0.6) is 0 Å². The maximum Gasteiger partial charge on any atom is 0.336 e. The zero-order chi connectivity index (χ0) is 37.9. The van der Waals surface area contributed by atoms with Crippen molar-refractivity contribution in [1.82, 2.24) is 21.3 Å². The van der Waals surface area contributed by atoms with Gasteiger partial charge in [0.25, 0.3) is 0 Å². The van der Waals surface area contributed by atoms with Crippen molar-refractivity contribution in [3.05, 3.63) is 40.2 Å². The number of carbonyl (C=O) groups is 6. The Morgan fingerprint density at radius 3 is 2.24 bits per heavy atom. The number of anilines is 1. The van der Waals surface area contributed by atoms with Gasteiger partial charge in [0.15, 0.2) is 5.96 Å². The van der Waals surface area contributed by atoms with Crippen LogP contribution in [0, 0.1) is 6.92 Å². The van der Waals surface area contributed by atoms with Crippen LogP contribution in [0.4, 0.5) is 5.69 Å². The van der Waals surface area contributed by atoms with Gasteiger partial charge < -0.3 is 58.0 Å². The molecule has 1 aromatic carbocycles. The molecule has 3 atom stereocenters. The lowest BCUT2D eigenvalue weighted by atomic mass is 10.1. The van der Waals surface area contributed by atoms with Gasteiger partial charge in [-0.15, -0.1) is 0 Å². The van der Waals surface area contributed by atoms with E-state index in [1.807, 2.05) is 0 Å². The summed E-state index contributed by atoms with van der Waals surface area (Å²) in [6.45, 7) is 0.866. The molecule has 0 saturated heterocycles. The van der Waals surface area contributed by atoms with E-state index in [2.05, 4.69) is 36.3 Å². The van der Waals surface area contributed by atoms with E-state index in [0.29, 0.717) is 42.4 Å². The van der Waals surface area contributed by atoms with Crippen molar-refractivity contribution in [2.24, 2.45) is 22.2 Å². The van der Waals surface area contributed by atoms with Crippen molar-refractivity contribution in [2.75, 3.05) is 38.7 Å². The first-order valence-corrected chi connectivity index (χ1v) is 16.2. The second-order valence-electron chi connectivity index (χ2n) is 11.5. The summed E-state index contributed by atoms with van der Waals surface area (Å²) in [6.07, 6.45) is 0.936. The predicted molar refractivity (Wildman–Crippen MR) is 186 cm³/mol. The van der Waals surface area contributed by atoms with E-state index in [1.54, 1.807) is 19.1 Å². The zero-order valence-corrected chi connectivity index (χ0v) is 28.6. The SMILES string of the molecule is COC(=O)CCC(=O)N[C@@H](CO)C(=O)N[C@@H](CCCCN)C(=O)NCC(=O)N[C@@H](CCCN=C(N)N)C(=O)Nc1ccc2c(C)cc(=O)oc2c1. The van der Waals surface area contributed by atoms with Gasteiger partial charge in [0, 0.05) is 36.2 Å². The van der Waals surface area contributed by atoms with E-state index in [0.717, 1.165) is 7.11 Å². The molecular formula is C32H47N9O10. The summed E-state index contributed by atoms with van der Waals surface area (Å²) in [4.78, 5) is 91.5. The highest BCUT2D eigenvalue weighted by atomic mass is 16.5. The van der Waals surface area contributed by atoms with Crippen molar-refractivity contribution in [2.45, 2.75) is 70.0 Å². The summed E-state index contributed by atoms with van der Waals surface area (Å²) in [5, 5.41) is 22.8. The molecule has 0 aliphatic heterocycles. The fourth-order valence-corrected chi connectivity index (χ4v) is 4.75. The molecular weight excluding hydrogens is 670 g/mol. The van der Waals surface area contributed by atoms with Crippen LogP contribution in [0.25, 0.3) is 11.0 Å². The van der Waals surface area contributed by atoms with E-state index in [4.69, 9.17) is 21.6 Å². The molecule has 0 aliphatic carbocycles. The second kappa shape index (κ2) is 21.5. The standard InChI is InChI=1S/C32H47N9O10/c1-18-14-28(46)51-24-15-19(8-9-20(18)24)38-30(48)22(7-5-13-36-32(34)35)39-26(44)16-37-29(47)21(6-3-4-12-33)41-31(49)23(17-42)40-25(43)10-11-27(45)50-2/h8-9,14-15,21-23,42H,3-7,10-13,16-17,33H2,1-2H3,(H,37,47)(H,38,48)(H,39,44)(H,40,43)(H,41,49)(H4,34,35,36)/t21-,22-,23-/m0/s1. The van der Waals surface area contributed by atoms with Crippen molar-refractivity contribution in [3.8, 4) is 0 Å². The molecule has 0 bridgehead atoms. The van der Waals surface area contributed by atoms with Crippen LogP contribution in [0.15, 0.2) is 38.5 Å². The largest absolute Gasteiger partial charge is 0.469 e. The third-order valence-electron chi connectivity index (χ3n) is 7.44. The summed E-state index contributed by atoms with van der Waals surface area (Å²) in [5.41, 5.74) is 17.0. The highest BCUT2D eigenvalue weighted by Crippen LogP contribution is 2.21. The molecule has 1 aromatic heterocycles. The zero-order valence-electron chi connectivity index (χ0n) is 28.6. The smallest absolute Gasteiger partial charge is 0.336 e. The van der Waals surface area contributed by atoms with Gasteiger partial charge in [-0.3, -0.25) is 33.8 Å². The molecule has 19 heteroatoms. The Labute approximate surface area is 293 Å². The second-order valence-corrected chi connectivity index (χ2v) is 11.5. The number of esters is 1. The van der Waals surface area contributed by atoms with Crippen molar-refractivity contribution >= 4 is 58.1 Å². The van der Waals surface area contributed by atoms with Crippen LogP contribution in [0.3, 0.4) is 0 Å². The number of fused-ring (bicyclic) bond motifs is 1. The number of nitrogens with one attached hydrogen (secondary N) is 5. The van der Waals surface area contributed by atoms with Gasteiger partial charge in [-0.2, -0.15) is 0 Å².